The summed E-state index contributed by atoms with van der Waals surface area (Å²) in [6, 6.07) is 11.6. The van der Waals surface area contributed by atoms with Gasteiger partial charge in [0.05, 0.1) is 5.54 Å². The Labute approximate surface area is 157 Å². The Morgan fingerprint density at radius 1 is 0.960 bits per heavy atom. The van der Waals surface area contributed by atoms with Crippen molar-refractivity contribution in [3.05, 3.63) is 69.2 Å². The molecule has 0 saturated heterocycles. The van der Waals surface area contributed by atoms with Gasteiger partial charge in [-0.25, -0.2) is 5.01 Å². The van der Waals surface area contributed by atoms with Crippen LogP contribution < -0.4 is 5.43 Å². The standard InChI is InChI=1S/C19H20Cl2N2O2/c1-12-5-8-15(21)11-16(12)18(25)23(19(2,3)4)22-17(24)13-6-9-14(20)10-7-13/h5-11H,1-4H3,(H,22,24). The number of nitrogens with one attached hydrogen (secondary N) is 1. The Morgan fingerprint density at radius 2 is 1.52 bits per heavy atom. The van der Waals surface area contributed by atoms with Crippen LogP contribution >= 0.6 is 23.2 Å². The number of halogens is 2. The fourth-order valence-corrected chi connectivity index (χ4v) is 2.53. The Hall–Kier alpha value is -2.04. The number of hydrazine groups is 1. The zero-order valence-electron chi connectivity index (χ0n) is 14.6. The smallest absolute Gasteiger partial charge is 0.267 e. The molecule has 2 rings (SSSR count). The number of benzene rings is 2. The third kappa shape index (κ3) is 4.74. The molecule has 0 spiro atoms. The Kier molecular flexibility index (Phi) is 5.76. The molecular weight excluding hydrogens is 359 g/mol. The zero-order chi connectivity index (χ0) is 18.8. The third-order valence-corrected chi connectivity index (χ3v) is 4.11. The number of hydrogen-bond donors (Lipinski definition) is 1. The second-order valence-corrected chi connectivity index (χ2v) is 7.59. The van der Waals surface area contributed by atoms with Gasteiger partial charge in [-0.2, -0.15) is 0 Å². The lowest BCUT2D eigenvalue weighted by molar-refractivity contribution is 0.0358. The number of amides is 2. The SMILES string of the molecule is Cc1ccc(Cl)cc1C(=O)N(NC(=O)c1ccc(Cl)cc1)C(C)(C)C. The van der Waals surface area contributed by atoms with E-state index >= 15 is 0 Å². The van der Waals surface area contributed by atoms with Crippen LogP contribution in [0.2, 0.25) is 10.0 Å². The van der Waals surface area contributed by atoms with Crippen LogP contribution in [0.5, 0.6) is 0 Å². The first-order valence-electron chi connectivity index (χ1n) is 7.77. The van der Waals surface area contributed by atoms with E-state index in [0.29, 0.717) is 21.2 Å². The monoisotopic (exact) mass is 378 g/mol. The second kappa shape index (κ2) is 7.46. The average Bonchev–Trinajstić information content (AvgIpc) is 2.53. The first-order chi connectivity index (χ1) is 11.6. The lowest BCUT2D eigenvalue weighted by Gasteiger charge is -2.35. The van der Waals surface area contributed by atoms with E-state index in [9.17, 15) is 9.59 Å². The summed E-state index contributed by atoms with van der Waals surface area (Å²) in [6.45, 7) is 7.35. The molecule has 0 unspecified atom stereocenters. The third-order valence-electron chi connectivity index (χ3n) is 3.62. The van der Waals surface area contributed by atoms with E-state index in [0.717, 1.165) is 5.56 Å². The molecule has 0 atom stereocenters. The Morgan fingerprint density at radius 3 is 2.08 bits per heavy atom. The van der Waals surface area contributed by atoms with Crippen molar-refractivity contribution in [1.29, 1.82) is 0 Å². The molecule has 2 aromatic rings. The lowest BCUT2D eigenvalue weighted by atomic mass is 10.0. The number of carbonyl (C=O) groups excluding carboxylic acids is 2. The van der Waals surface area contributed by atoms with E-state index in [2.05, 4.69) is 5.43 Å². The first-order valence-corrected chi connectivity index (χ1v) is 8.52. The summed E-state index contributed by atoms with van der Waals surface area (Å²) in [5.74, 6) is -0.713. The van der Waals surface area contributed by atoms with Gasteiger partial charge in [-0.05, 0) is 69.7 Å². The van der Waals surface area contributed by atoms with Crippen molar-refractivity contribution in [3.63, 3.8) is 0 Å². The molecule has 2 aromatic carbocycles. The van der Waals surface area contributed by atoms with Gasteiger partial charge in [-0.3, -0.25) is 15.0 Å². The number of rotatable bonds is 2. The maximum Gasteiger partial charge on any atom is 0.273 e. The topological polar surface area (TPSA) is 49.4 Å². The highest BCUT2D eigenvalue weighted by Gasteiger charge is 2.30. The summed E-state index contributed by atoms with van der Waals surface area (Å²) in [5.41, 5.74) is 3.70. The second-order valence-electron chi connectivity index (χ2n) is 6.72. The van der Waals surface area contributed by atoms with Crippen molar-refractivity contribution in [2.75, 3.05) is 0 Å². The van der Waals surface area contributed by atoms with E-state index in [4.69, 9.17) is 23.2 Å². The molecule has 0 aromatic heterocycles. The van der Waals surface area contributed by atoms with Crippen molar-refractivity contribution in [3.8, 4) is 0 Å². The number of aryl methyl sites for hydroxylation is 1. The van der Waals surface area contributed by atoms with Crippen molar-refractivity contribution in [1.82, 2.24) is 10.4 Å². The van der Waals surface area contributed by atoms with Crippen LogP contribution in [0.3, 0.4) is 0 Å². The van der Waals surface area contributed by atoms with Crippen molar-refractivity contribution >= 4 is 35.0 Å². The van der Waals surface area contributed by atoms with Gasteiger partial charge in [-0.1, -0.05) is 29.3 Å². The van der Waals surface area contributed by atoms with Gasteiger partial charge < -0.3 is 0 Å². The molecule has 2 amide bonds. The van der Waals surface area contributed by atoms with Gasteiger partial charge in [-0.15, -0.1) is 0 Å². The quantitative estimate of drug-likeness (QED) is 0.756. The van der Waals surface area contributed by atoms with E-state index in [-0.39, 0.29) is 11.8 Å². The first kappa shape index (κ1) is 19.3. The van der Waals surface area contributed by atoms with Crippen LogP contribution in [-0.2, 0) is 0 Å². The average molecular weight is 379 g/mol. The predicted octanol–water partition coefficient (Wildman–Crippen LogP) is 4.89. The Balaban J connectivity index is 2.33. The fourth-order valence-electron chi connectivity index (χ4n) is 2.24. The summed E-state index contributed by atoms with van der Waals surface area (Å²) in [6.07, 6.45) is 0. The molecule has 0 aliphatic carbocycles. The molecule has 0 aliphatic heterocycles. The molecule has 1 N–H and O–H groups in total. The summed E-state index contributed by atoms with van der Waals surface area (Å²) >= 11 is 11.9. The van der Waals surface area contributed by atoms with E-state index in [1.807, 2.05) is 27.7 Å². The van der Waals surface area contributed by atoms with Gasteiger partial charge in [0.2, 0.25) is 0 Å². The fraction of sp³-hybridized carbons (Fsp3) is 0.263. The number of hydrogen-bond acceptors (Lipinski definition) is 2. The molecule has 6 heteroatoms. The van der Waals surface area contributed by atoms with Crippen LogP contribution in [0.15, 0.2) is 42.5 Å². The number of nitrogens with zero attached hydrogens (tertiary/aromatic N) is 1. The van der Waals surface area contributed by atoms with Crippen LogP contribution in [0.4, 0.5) is 0 Å². The van der Waals surface area contributed by atoms with Gasteiger partial charge >= 0.3 is 0 Å². The van der Waals surface area contributed by atoms with Crippen LogP contribution in [-0.4, -0.2) is 22.4 Å². The molecule has 132 valence electrons. The van der Waals surface area contributed by atoms with Crippen LogP contribution in [0, 0.1) is 6.92 Å². The van der Waals surface area contributed by atoms with E-state index < -0.39 is 5.54 Å². The van der Waals surface area contributed by atoms with Crippen molar-refractivity contribution < 1.29 is 9.59 Å². The van der Waals surface area contributed by atoms with Gasteiger partial charge in [0.1, 0.15) is 0 Å². The van der Waals surface area contributed by atoms with Crippen molar-refractivity contribution in [2.45, 2.75) is 33.2 Å². The van der Waals surface area contributed by atoms with Crippen LogP contribution in [0.25, 0.3) is 0 Å². The molecule has 0 radical (unpaired) electrons. The molecule has 0 aliphatic rings. The van der Waals surface area contributed by atoms with Gasteiger partial charge in [0.25, 0.3) is 11.8 Å². The lowest BCUT2D eigenvalue weighted by Crippen LogP contribution is -2.56. The summed E-state index contributed by atoms with van der Waals surface area (Å²) in [7, 11) is 0. The van der Waals surface area contributed by atoms with E-state index in [1.54, 1.807) is 42.5 Å². The zero-order valence-corrected chi connectivity index (χ0v) is 16.1. The summed E-state index contributed by atoms with van der Waals surface area (Å²) < 4.78 is 0. The summed E-state index contributed by atoms with van der Waals surface area (Å²) in [5, 5.41) is 2.32. The maximum absolute atomic E-state index is 13.0. The minimum atomic E-state index is -0.631. The highest BCUT2D eigenvalue weighted by Crippen LogP contribution is 2.21. The maximum atomic E-state index is 13.0. The van der Waals surface area contributed by atoms with Gasteiger partial charge in [0, 0.05) is 21.2 Å². The number of carbonyl (C=O) groups is 2. The Bertz CT molecular complexity index is 796. The van der Waals surface area contributed by atoms with E-state index in [1.165, 1.54) is 5.01 Å². The molecule has 0 bridgehead atoms. The molecule has 0 fully saturated rings. The summed E-state index contributed by atoms with van der Waals surface area (Å²) in [4.78, 5) is 25.5. The van der Waals surface area contributed by atoms with Crippen molar-refractivity contribution in [2.24, 2.45) is 0 Å². The minimum absolute atomic E-state index is 0.324. The molecule has 0 saturated carbocycles. The van der Waals surface area contributed by atoms with Crippen LogP contribution in [0.1, 0.15) is 47.1 Å². The predicted molar refractivity (Wildman–Crippen MR) is 101 cm³/mol. The highest BCUT2D eigenvalue weighted by molar-refractivity contribution is 6.31. The van der Waals surface area contributed by atoms with Gasteiger partial charge in [0.15, 0.2) is 0 Å². The minimum Gasteiger partial charge on any atom is -0.267 e. The molecule has 4 nitrogen and oxygen atoms in total. The largest absolute Gasteiger partial charge is 0.273 e. The molecule has 0 heterocycles. The highest BCUT2D eigenvalue weighted by atomic mass is 35.5. The normalized spacial score (nSPS) is 11.1. The molecular formula is C19H20Cl2N2O2. The molecule has 25 heavy (non-hydrogen) atoms.